The van der Waals surface area contributed by atoms with E-state index in [9.17, 15) is 12.9 Å². The standard InChI is InChI=1S/C5H13BF3OSi.K/c1-11(2,3)5-10-4-6(7,8)9;/h4-5H2,1-3H3;/q-1;+1. The Morgan fingerprint density at radius 1 is 1.17 bits per heavy atom. The van der Waals surface area contributed by atoms with Crippen LogP contribution in [0.15, 0.2) is 0 Å². The molecule has 0 saturated carbocycles. The molecule has 0 heterocycles. The van der Waals surface area contributed by atoms with E-state index in [1.165, 1.54) is 0 Å². The van der Waals surface area contributed by atoms with Crippen molar-refractivity contribution < 1.29 is 69.1 Å². The molecule has 7 heteroatoms. The van der Waals surface area contributed by atoms with Gasteiger partial charge in [0.2, 0.25) is 0 Å². The minimum Gasteiger partial charge on any atom is -0.447 e. The van der Waals surface area contributed by atoms with Crippen LogP contribution in [0.4, 0.5) is 12.9 Å². The predicted octanol–water partition coefficient (Wildman–Crippen LogP) is -0.729. The van der Waals surface area contributed by atoms with Crippen molar-refractivity contribution in [3.05, 3.63) is 0 Å². The molecule has 0 spiro atoms. The maximum Gasteiger partial charge on any atom is 1.00 e. The van der Waals surface area contributed by atoms with Gasteiger partial charge in [0.1, 0.15) is 0 Å². The molecule has 0 bridgehead atoms. The molecule has 0 aliphatic rings. The average molecular weight is 224 g/mol. The maximum absolute atomic E-state index is 11.6. The fourth-order valence-corrected chi connectivity index (χ4v) is 1.23. The summed E-state index contributed by atoms with van der Waals surface area (Å²) in [6, 6.07) is 0. The third kappa shape index (κ3) is 14.2. The molecule has 0 atom stereocenters. The topological polar surface area (TPSA) is 9.23 Å². The van der Waals surface area contributed by atoms with Gasteiger partial charge in [-0.3, -0.25) is 0 Å². The number of hydrogen-bond donors (Lipinski definition) is 0. The van der Waals surface area contributed by atoms with Gasteiger partial charge in [0, 0.05) is 12.7 Å². The van der Waals surface area contributed by atoms with Crippen LogP contribution in [-0.4, -0.2) is 27.8 Å². The summed E-state index contributed by atoms with van der Waals surface area (Å²) < 4.78 is 39.3. The van der Waals surface area contributed by atoms with Crippen molar-refractivity contribution >= 4 is 15.1 Å². The van der Waals surface area contributed by atoms with E-state index in [0.29, 0.717) is 0 Å². The predicted molar refractivity (Wildman–Crippen MR) is 43.2 cm³/mol. The first-order valence-electron chi connectivity index (χ1n) is 3.49. The summed E-state index contributed by atoms with van der Waals surface area (Å²) in [5.41, 5.74) is 0. The zero-order valence-electron chi connectivity index (χ0n) is 8.03. The van der Waals surface area contributed by atoms with Crippen LogP contribution in [0, 0.1) is 0 Å². The molecule has 0 aromatic rings. The van der Waals surface area contributed by atoms with Crippen molar-refractivity contribution in [1.29, 1.82) is 0 Å². The molecule has 0 unspecified atom stereocenters. The summed E-state index contributed by atoms with van der Waals surface area (Å²) in [6.07, 6.45) is 0.286. The molecule has 0 aromatic heterocycles. The van der Waals surface area contributed by atoms with E-state index >= 15 is 0 Å². The van der Waals surface area contributed by atoms with Crippen molar-refractivity contribution in [3.63, 3.8) is 0 Å². The summed E-state index contributed by atoms with van der Waals surface area (Å²) in [4.78, 5) is 0. The van der Waals surface area contributed by atoms with E-state index in [2.05, 4.69) is 4.74 Å². The van der Waals surface area contributed by atoms with Crippen molar-refractivity contribution in [2.75, 3.05) is 12.7 Å². The van der Waals surface area contributed by atoms with Gasteiger partial charge < -0.3 is 17.7 Å². The monoisotopic (exact) mass is 224 g/mol. The minimum absolute atomic E-state index is 0. The molecule has 0 N–H and O–H groups in total. The Morgan fingerprint density at radius 3 is 1.83 bits per heavy atom. The molecule has 0 fully saturated rings. The summed E-state index contributed by atoms with van der Waals surface area (Å²) in [6.45, 7) is 0.0994. The molecule has 1 nitrogen and oxygen atoms in total. The number of hydrogen-bond acceptors (Lipinski definition) is 1. The van der Waals surface area contributed by atoms with Crippen molar-refractivity contribution in [1.82, 2.24) is 0 Å². The Balaban J connectivity index is 0. The zero-order valence-corrected chi connectivity index (χ0v) is 12.2. The van der Waals surface area contributed by atoms with Crippen LogP contribution in [0.1, 0.15) is 0 Å². The molecule has 12 heavy (non-hydrogen) atoms. The van der Waals surface area contributed by atoms with Gasteiger partial charge in [0.15, 0.2) is 0 Å². The van der Waals surface area contributed by atoms with Crippen molar-refractivity contribution in [3.8, 4) is 0 Å². The van der Waals surface area contributed by atoms with Gasteiger partial charge in [-0.2, -0.15) is 0 Å². The molecule has 68 valence electrons. The second kappa shape index (κ2) is 6.21. The Kier molecular flexibility index (Phi) is 8.33. The number of halogens is 3. The fourth-order valence-electron chi connectivity index (χ4n) is 0.499. The Hall–Kier alpha value is 1.67. The maximum atomic E-state index is 11.6. The van der Waals surface area contributed by atoms with Gasteiger partial charge in [0.05, 0.1) is 8.07 Å². The second-order valence-corrected chi connectivity index (χ2v) is 9.20. The normalized spacial score (nSPS) is 12.5. The van der Waals surface area contributed by atoms with Gasteiger partial charge in [-0.1, -0.05) is 19.6 Å². The van der Waals surface area contributed by atoms with E-state index in [1.54, 1.807) is 0 Å². The van der Waals surface area contributed by atoms with Crippen LogP contribution in [0.3, 0.4) is 0 Å². The van der Waals surface area contributed by atoms with Gasteiger partial charge in [-0.15, -0.1) is 0 Å². The summed E-state index contributed by atoms with van der Waals surface area (Å²) >= 11 is 0. The third-order valence-electron chi connectivity index (χ3n) is 0.842. The quantitative estimate of drug-likeness (QED) is 0.572. The van der Waals surface area contributed by atoms with Crippen molar-refractivity contribution in [2.45, 2.75) is 19.6 Å². The summed E-state index contributed by atoms with van der Waals surface area (Å²) in [5, 5.41) is 0. The van der Waals surface area contributed by atoms with E-state index in [1.807, 2.05) is 19.6 Å². The molecule has 0 amide bonds. The van der Waals surface area contributed by atoms with Crippen LogP contribution >= 0.6 is 0 Å². The molecule has 0 aromatic carbocycles. The van der Waals surface area contributed by atoms with Crippen LogP contribution in [-0.2, 0) is 4.74 Å². The van der Waals surface area contributed by atoms with Crippen LogP contribution in [0.25, 0.3) is 0 Å². The van der Waals surface area contributed by atoms with E-state index in [-0.39, 0.29) is 57.6 Å². The van der Waals surface area contributed by atoms with E-state index in [0.717, 1.165) is 0 Å². The Bertz CT molecular complexity index is 111. The summed E-state index contributed by atoms with van der Waals surface area (Å²) in [7, 11) is -1.47. The van der Waals surface area contributed by atoms with Gasteiger partial charge in [-0.05, 0) is 0 Å². The molecule has 0 saturated heterocycles. The smallest absolute Gasteiger partial charge is 0.447 e. The first kappa shape index (κ1) is 16.1. The Labute approximate surface area is 115 Å². The average Bonchev–Trinajstić information content (AvgIpc) is 1.55. The molecular weight excluding hydrogens is 211 g/mol. The van der Waals surface area contributed by atoms with Gasteiger partial charge in [-0.25, -0.2) is 0 Å². The van der Waals surface area contributed by atoms with Crippen LogP contribution < -0.4 is 51.4 Å². The first-order valence-corrected chi connectivity index (χ1v) is 7.20. The van der Waals surface area contributed by atoms with Gasteiger partial charge >= 0.3 is 58.4 Å². The largest absolute Gasteiger partial charge is 1.00 e. The molecule has 0 radical (unpaired) electrons. The van der Waals surface area contributed by atoms with E-state index < -0.39 is 21.6 Å². The SMILES string of the molecule is C[Si](C)(C)COC[B-](F)(F)F.[K+]. The number of ether oxygens (including phenoxy) is 1. The molecular formula is C5H13BF3KOSi. The van der Waals surface area contributed by atoms with Crippen LogP contribution in [0.2, 0.25) is 19.6 Å². The third-order valence-corrected chi connectivity index (χ3v) is 1.91. The molecule has 0 aliphatic heterocycles. The van der Waals surface area contributed by atoms with Gasteiger partial charge in [0.25, 0.3) is 0 Å². The van der Waals surface area contributed by atoms with Crippen molar-refractivity contribution in [2.24, 2.45) is 0 Å². The number of rotatable bonds is 4. The first-order chi connectivity index (χ1) is 4.71. The molecule has 0 aliphatic carbocycles. The zero-order chi connectivity index (χ0) is 9.12. The summed E-state index contributed by atoms with van der Waals surface area (Å²) in [5.74, 6) is 0. The minimum atomic E-state index is -4.76. The fraction of sp³-hybridized carbons (Fsp3) is 1.00. The van der Waals surface area contributed by atoms with E-state index in [4.69, 9.17) is 0 Å². The second-order valence-electron chi connectivity index (χ2n) is 3.79. The van der Waals surface area contributed by atoms with Crippen LogP contribution in [0.5, 0.6) is 0 Å². The Morgan fingerprint density at radius 2 is 1.58 bits per heavy atom. The molecule has 0 rings (SSSR count).